The monoisotopic (exact) mass is 158 g/mol. The average molecular weight is 158 g/mol. The molecule has 0 aliphatic carbocycles. The summed E-state index contributed by atoms with van der Waals surface area (Å²) >= 11 is 0. The van der Waals surface area contributed by atoms with Crippen molar-refractivity contribution in [3.8, 4) is 0 Å². The summed E-state index contributed by atoms with van der Waals surface area (Å²) in [4.78, 5) is 17.6. The Morgan fingerprint density at radius 2 is 2.18 bits per heavy atom. The number of nitrogens with zero attached hydrogens (tertiary/aromatic N) is 1. The van der Waals surface area contributed by atoms with E-state index in [1.165, 1.54) is 0 Å². The van der Waals surface area contributed by atoms with Gasteiger partial charge < -0.3 is 4.90 Å². The summed E-state index contributed by atoms with van der Waals surface area (Å²) in [5.74, 6) is 0. The zero-order valence-corrected chi connectivity index (χ0v) is 6.80. The molecule has 1 saturated heterocycles. The quantitative estimate of drug-likeness (QED) is 0.602. The molecular weight excluding hydrogens is 144 g/mol. The van der Waals surface area contributed by atoms with Gasteiger partial charge in [0.05, 0.1) is 6.61 Å². The summed E-state index contributed by atoms with van der Waals surface area (Å²) in [7, 11) is 0. The van der Waals surface area contributed by atoms with Crippen LogP contribution in [0.1, 0.15) is 19.8 Å². The first-order valence-corrected chi connectivity index (χ1v) is 4.01. The van der Waals surface area contributed by atoms with Crippen molar-refractivity contribution >= 4 is 6.03 Å². The lowest BCUT2D eigenvalue weighted by molar-refractivity contribution is 0.0584. The standard InChI is InChI=1S/C7H14N2O2/c1-2-11-8-7(10)9-5-3-4-6-9/h2-6H2,1H3,(H,8,10). The zero-order chi connectivity index (χ0) is 8.10. The summed E-state index contributed by atoms with van der Waals surface area (Å²) < 4.78 is 0. The predicted octanol–water partition coefficient (Wildman–Crippen LogP) is 0.743. The fraction of sp³-hybridized carbons (Fsp3) is 0.857. The molecule has 1 rings (SSSR count). The first-order chi connectivity index (χ1) is 5.34. The first-order valence-electron chi connectivity index (χ1n) is 4.01. The van der Waals surface area contributed by atoms with E-state index in [1.807, 2.05) is 6.92 Å². The second kappa shape index (κ2) is 4.18. The summed E-state index contributed by atoms with van der Waals surface area (Å²) in [5.41, 5.74) is 2.36. The molecule has 0 aromatic carbocycles. The molecule has 0 aromatic heterocycles. The van der Waals surface area contributed by atoms with Crippen molar-refractivity contribution in [3.05, 3.63) is 0 Å². The van der Waals surface area contributed by atoms with E-state index in [1.54, 1.807) is 4.90 Å². The van der Waals surface area contributed by atoms with E-state index in [2.05, 4.69) is 5.48 Å². The van der Waals surface area contributed by atoms with Gasteiger partial charge in [-0.2, -0.15) is 0 Å². The molecular formula is C7H14N2O2. The molecule has 1 heterocycles. The van der Waals surface area contributed by atoms with E-state index < -0.39 is 0 Å². The van der Waals surface area contributed by atoms with Gasteiger partial charge in [-0.3, -0.25) is 4.84 Å². The van der Waals surface area contributed by atoms with Gasteiger partial charge in [-0.15, -0.1) is 0 Å². The lowest BCUT2D eigenvalue weighted by Gasteiger charge is -2.14. The van der Waals surface area contributed by atoms with Gasteiger partial charge in [0, 0.05) is 13.1 Å². The molecule has 2 amide bonds. The molecule has 0 bridgehead atoms. The Balaban J connectivity index is 2.17. The summed E-state index contributed by atoms with van der Waals surface area (Å²) in [6.45, 7) is 4.07. The van der Waals surface area contributed by atoms with Crippen LogP contribution in [0, 0.1) is 0 Å². The van der Waals surface area contributed by atoms with Crippen molar-refractivity contribution in [1.82, 2.24) is 10.4 Å². The number of urea groups is 1. The van der Waals surface area contributed by atoms with E-state index in [0.29, 0.717) is 6.61 Å². The van der Waals surface area contributed by atoms with E-state index in [0.717, 1.165) is 25.9 Å². The van der Waals surface area contributed by atoms with Gasteiger partial charge in [0.15, 0.2) is 0 Å². The van der Waals surface area contributed by atoms with Crippen molar-refractivity contribution in [1.29, 1.82) is 0 Å². The largest absolute Gasteiger partial charge is 0.341 e. The third-order valence-electron chi connectivity index (χ3n) is 1.70. The smallest absolute Gasteiger partial charge is 0.323 e. The SMILES string of the molecule is CCONC(=O)N1CCCC1. The zero-order valence-electron chi connectivity index (χ0n) is 6.80. The summed E-state index contributed by atoms with van der Waals surface area (Å²) in [5, 5.41) is 0. The van der Waals surface area contributed by atoms with Gasteiger partial charge in [-0.05, 0) is 19.8 Å². The minimum Gasteiger partial charge on any atom is -0.323 e. The van der Waals surface area contributed by atoms with Gasteiger partial charge in [0.2, 0.25) is 0 Å². The Morgan fingerprint density at radius 3 is 2.73 bits per heavy atom. The van der Waals surface area contributed by atoms with Crippen LogP contribution in [0.2, 0.25) is 0 Å². The molecule has 64 valence electrons. The molecule has 0 atom stereocenters. The van der Waals surface area contributed by atoms with Crippen molar-refractivity contribution < 1.29 is 9.63 Å². The molecule has 1 aliphatic heterocycles. The third kappa shape index (κ3) is 2.38. The average Bonchev–Trinajstić information content (AvgIpc) is 2.52. The third-order valence-corrected chi connectivity index (χ3v) is 1.70. The fourth-order valence-electron chi connectivity index (χ4n) is 1.12. The van der Waals surface area contributed by atoms with Gasteiger partial charge in [-0.25, -0.2) is 10.3 Å². The minimum absolute atomic E-state index is 0.107. The second-order valence-electron chi connectivity index (χ2n) is 2.53. The van der Waals surface area contributed by atoms with Crippen LogP contribution < -0.4 is 5.48 Å². The topological polar surface area (TPSA) is 41.6 Å². The van der Waals surface area contributed by atoms with E-state index in [4.69, 9.17) is 4.84 Å². The highest BCUT2D eigenvalue weighted by Crippen LogP contribution is 2.06. The predicted molar refractivity (Wildman–Crippen MR) is 41.0 cm³/mol. The highest BCUT2D eigenvalue weighted by molar-refractivity contribution is 5.73. The van der Waals surface area contributed by atoms with Crippen LogP contribution >= 0.6 is 0 Å². The molecule has 11 heavy (non-hydrogen) atoms. The summed E-state index contributed by atoms with van der Waals surface area (Å²) in [6, 6.07) is -0.107. The fourth-order valence-corrected chi connectivity index (χ4v) is 1.12. The normalized spacial score (nSPS) is 17.0. The Bertz CT molecular complexity index is 132. The van der Waals surface area contributed by atoms with Crippen molar-refractivity contribution in [2.24, 2.45) is 0 Å². The summed E-state index contributed by atoms with van der Waals surface area (Å²) in [6.07, 6.45) is 2.22. The van der Waals surface area contributed by atoms with Crippen LogP contribution in [-0.2, 0) is 4.84 Å². The molecule has 0 radical (unpaired) electrons. The second-order valence-corrected chi connectivity index (χ2v) is 2.53. The Hall–Kier alpha value is -0.770. The van der Waals surface area contributed by atoms with E-state index in [-0.39, 0.29) is 6.03 Å². The molecule has 4 heteroatoms. The number of likely N-dealkylation sites (tertiary alicyclic amines) is 1. The van der Waals surface area contributed by atoms with Crippen LogP contribution in [0.25, 0.3) is 0 Å². The molecule has 0 aromatic rings. The van der Waals surface area contributed by atoms with Crippen LogP contribution in [0.5, 0.6) is 0 Å². The number of carbonyl (C=O) groups excluding carboxylic acids is 1. The highest BCUT2D eigenvalue weighted by Gasteiger charge is 2.16. The maximum atomic E-state index is 11.1. The molecule has 0 spiro atoms. The van der Waals surface area contributed by atoms with Crippen molar-refractivity contribution in [3.63, 3.8) is 0 Å². The number of nitrogens with one attached hydrogen (secondary N) is 1. The van der Waals surface area contributed by atoms with Gasteiger partial charge in [-0.1, -0.05) is 0 Å². The van der Waals surface area contributed by atoms with Crippen LogP contribution in [-0.4, -0.2) is 30.6 Å². The van der Waals surface area contributed by atoms with Gasteiger partial charge >= 0.3 is 6.03 Å². The molecule has 4 nitrogen and oxygen atoms in total. The number of amides is 2. The van der Waals surface area contributed by atoms with E-state index in [9.17, 15) is 4.79 Å². The van der Waals surface area contributed by atoms with Crippen molar-refractivity contribution in [2.75, 3.05) is 19.7 Å². The molecule has 0 saturated carbocycles. The van der Waals surface area contributed by atoms with Gasteiger partial charge in [0.1, 0.15) is 0 Å². The maximum absolute atomic E-state index is 11.1. The van der Waals surface area contributed by atoms with Crippen LogP contribution in [0.3, 0.4) is 0 Å². The Kier molecular flexibility index (Phi) is 3.16. The Labute approximate surface area is 66.5 Å². The number of hydroxylamine groups is 1. The molecule has 1 fully saturated rings. The maximum Gasteiger partial charge on any atom is 0.341 e. The molecule has 1 N–H and O–H groups in total. The molecule has 0 unspecified atom stereocenters. The lowest BCUT2D eigenvalue weighted by atomic mass is 10.4. The minimum atomic E-state index is -0.107. The lowest BCUT2D eigenvalue weighted by Crippen LogP contribution is -2.37. The first kappa shape index (κ1) is 8.33. The van der Waals surface area contributed by atoms with Crippen LogP contribution in [0.15, 0.2) is 0 Å². The van der Waals surface area contributed by atoms with Crippen LogP contribution in [0.4, 0.5) is 4.79 Å². The van der Waals surface area contributed by atoms with Crippen molar-refractivity contribution in [2.45, 2.75) is 19.8 Å². The number of carbonyl (C=O) groups is 1. The number of hydrogen-bond donors (Lipinski definition) is 1. The number of rotatable bonds is 2. The van der Waals surface area contributed by atoms with E-state index >= 15 is 0 Å². The highest BCUT2D eigenvalue weighted by atomic mass is 16.7. The Morgan fingerprint density at radius 1 is 1.55 bits per heavy atom. The number of hydrogen-bond acceptors (Lipinski definition) is 2. The molecule has 1 aliphatic rings. The van der Waals surface area contributed by atoms with Gasteiger partial charge in [0.25, 0.3) is 0 Å².